The minimum atomic E-state index is -0.431. The van der Waals surface area contributed by atoms with Crippen molar-refractivity contribution in [1.29, 1.82) is 0 Å². The molecule has 1 aromatic carbocycles. The standard InChI is InChI=1S/C15H17NO4S/c1-9-13(10(2)20-16-9)8-19-15(17)12-6-5-11(21-4)7-14(12)18-3/h5-7H,8H2,1-4H3. The highest BCUT2D eigenvalue weighted by atomic mass is 32.2. The number of hydrogen-bond acceptors (Lipinski definition) is 6. The van der Waals surface area contributed by atoms with Crippen molar-refractivity contribution >= 4 is 17.7 Å². The summed E-state index contributed by atoms with van der Waals surface area (Å²) in [4.78, 5) is 13.2. The number of carbonyl (C=O) groups is 1. The van der Waals surface area contributed by atoms with Gasteiger partial charge in [-0.3, -0.25) is 0 Å². The molecule has 2 rings (SSSR count). The first-order valence-electron chi connectivity index (χ1n) is 6.37. The normalized spacial score (nSPS) is 10.5. The molecule has 0 spiro atoms. The first-order valence-corrected chi connectivity index (χ1v) is 7.60. The van der Waals surface area contributed by atoms with Gasteiger partial charge >= 0.3 is 5.97 Å². The highest BCUT2D eigenvalue weighted by Gasteiger charge is 2.17. The van der Waals surface area contributed by atoms with Crippen molar-refractivity contribution in [3.05, 3.63) is 40.8 Å². The lowest BCUT2D eigenvalue weighted by Gasteiger charge is -2.10. The lowest BCUT2D eigenvalue weighted by atomic mass is 10.2. The fourth-order valence-corrected chi connectivity index (χ4v) is 2.32. The lowest BCUT2D eigenvalue weighted by Crippen LogP contribution is -2.08. The van der Waals surface area contributed by atoms with E-state index in [1.807, 2.05) is 25.3 Å². The van der Waals surface area contributed by atoms with E-state index in [-0.39, 0.29) is 6.61 Å². The van der Waals surface area contributed by atoms with Gasteiger partial charge < -0.3 is 14.0 Å². The molecule has 1 heterocycles. The molecule has 0 radical (unpaired) electrons. The molecule has 0 saturated carbocycles. The fourth-order valence-electron chi connectivity index (χ4n) is 1.89. The van der Waals surface area contributed by atoms with Crippen LogP contribution in [0.3, 0.4) is 0 Å². The Hall–Kier alpha value is -1.95. The average Bonchev–Trinajstić information content (AvgIpc) is 2.82. The molecule has 0 fully saturated rings. The largest absolute Gasteiger partial charge is 0.496 e. The Balaban J connectivity index is 2.13. The van der Waals surface area contributed by atoms with Crippen LogP contribution in [-0.2, 0) is 11.3 Å². The Morgan fingerprint density at radius 2 is 2.14 bits per heavy atom. The van der Waals surface area contributed by atoms with Gasteiger partial charge in [-0.05, 0) is 38.3 Å². The molecule has 21 heavy (non-hydrogen) atoms. The molecule has 2 aromatic rings. The summed E-state index contributed by atoms with van der Waals surface area (Å²) >= 11 is 1.58. The lowest BCUT2D eigenvalue weighted by molar-refractivity contribution is 0.0467. The molecule has 0 aliphatic rings. The highest BCUT2D eigenvalue weighted by Crippen LogP contribution is 2.26. The van der Waals surface area contributed by atoms with Crippen LogP contribution in [0.1, 0.15) is 27.4 Å². The van der Waals surface area contributed by atoms with E-state index in [1.54, 1.807) is 24.8 Å². The van der Waals surface area contributed by atoms with E-state index >= 15 is 0 Å². The van der Waals surface area contributed by atoms with E-state index in [4.69, 9.17) is 14.0 Å². The van der Waals surface area contributed by atoms with E-state index in [1.165, 1.54) is 7.11 Å². The highest BCUT2D eigenvalue weighted by molar-refractivity contribution is 7.98. The summed E-state index contributed by atoms with van der Waals surface area (Å²) in [6.45, 7) is 3.73. The molecule has 0 saturated heterocycles. The second-order valence-corrected chi connectivity index (χ2v) is 5.32. The summed E-state index contributed by atoms with van der Waals surface area (Å²) in [7, 11) is 1.53. The second-order valence-electron chi connectivity index (χ2n) is 4.45. The zero-order valence-electron chi connectivity index (χ0n) is 12.4. The number of rotatable bonds is 5. The van der Waals surface area contributed by atoms with Crippen molar-refractivity contribution in [3.63, 3.8) is 0 Å². The van der Waals surface area contributed by atoms with Crippen LogP contribution in [0.2, 0.25) is 0 Å². The minimum absolute atomic E-state index is 0.132. The van der Waals surface area contributed by atoms with Gasteiger partial charge in [-0.1, -0.05) is 5.16 Å². The molecule has 0 atom stereocenters. The minimum Gasteiger partial charge on any atom is -0.496 e. The summed E-state index contributed by atoms with van der Waals surface area (Å²) in [5, 5.41) is 3.83. The molecule has 0 amide bonds. The van der Waals surface area contributed by atoms with Gasteiger partial charge in [0.1, 0.15) is 23.7 Å². The van der Waals surface area contributed by atoms with Gasteiger partial charge in [0.05, 0.1) is 18.4 Å². The molecule has 0 unspecified atom stereocenters. The van der Waals surface area contributed by atoms with Gasteiger partial charge in [0.2, 0.25) is 0 Å². The van der Waals surface area contributed by atoms with E-state index in [0.717, 1.165) is 16.2 Å². The Morgan fingerprint density at radius 3 is 2.71 bits per heavy atom. The topological polar surface area (TPSA) is 61.6 Å². The van der Waals surface area contributed by atoms with Gasteiger partial charge in [0.25, 0.3) is 0 Å². The van der Waals surface area contributed by atoms with E-state index in [9.17, 15) is 4.79 Å². The van der Waals surface area contributed by atoms with E-state index in [2.05, 4.69) is 5.16 Å². The number of methoxy groups -OCH3 is 1. The van der Waals surface area contributed by atoms with Gasteiger partial charge in [-0.15, -0.1) is 11.8 Å². The predicted octanol–water partition coefficient (Wildman–Crippen LogP) is 3.38. The third-order valence-electron chi connectivity index (χ3n) is 3.16. The number of aromatic nitrogens is 1. The maximum Gasteiger partial charge on any atom is 0.342 e. The predicted molar refractivity (Wildman–Crippen MR) is 79.9 cm³/mol. The van der Waals surface area contributed by atoms with Crippen LogP contribution < -0.4 is 4.74 Å². The Morgan fingerprint density at radius 1 is 1.38 bits per heavy atom. The van der Waals surface area contributed by atoms with Crippen LogP contribution in [0, 0.1) is 13.8 Å². The third-order valence-corrected chi connectivity index (χ3v) is 3.88. The first kappa shape index (κ1) is 15.4. The van der Waals surface area contributed by atoms with Crippen molar-refractivity contribution in [1.82, 2.24) is 5.16 Å². The van der Waals surface area contributed by atoms with Gasteiger partial charge in [-0.25, -0.2) is 4.79 Å². The van der Waals surface area contributed by atoms with Crippen LogP contribution in [0.25, 0.3) is 0 Å². The molecule has 5 nitrogen and oxygen atoms in total. The smallest absolute Gasteiger partial charge is 0.342 e. The monoisotopic (exact) mass is 307 g/mol. The van der Waals surface area contributed by atoms with Crippen molar-refractivity contribution in [2.45, 2.75) is 25.3 Å². The zero-order valence-corrected chi connectivity index (χ0v) is 13.2. The molecule has 0 bridgehead atoms. The fraction of sp³-hybridized carbons (Fsp3) is 0.333. The summed E-state index contributed by atoms with van der Waals surface area (Å²) in [5.41, 5.74) is 1.93. The number of esters is 1. The number of nitrogens with zero attached hydrogens (tertiary/aromatic N) is 1. The molecule has 0 aliphatic carbocycles. The van der Waals surface area contributed by atoms with Crippen LogP contribution >= 0.6 is 11.8 Å². The Labute approximate surface area is 127 Å². The van der Waals surface area contributed by atoms with Gasteiger partial charge in [0.15, 0.2) is 0 Å². The number of benzene rings is 1. The van der Waals surface area contributed by atoms with Crippen LogP contribution in [0.4, 0.5) is 0 Å². The van der Waals surface area contributed by atoms with Crippen LogP contribution in [0.5, 0.6) is 5.75 Å². The number of ether oxygens (including phenoxy) is 2. The van der Waals surface area contributed by atoms with Gasteiger partial charge in [0, 0.05) is 4.90 Å². The molecule has 0 aliphatic heterocycles. The molecule has 6 heteroatoms. The Kier molecular flexibility index (Phi) is 4.90. The van der Waals surface area contributed by atoms with Crippen molar-refractivity contribution in [3.8, 4) is 5.75 Å². The first-order chi connectivity index (χ1) is 10.1. The molecular weight excluding hydrogens is 290 g/mol. The maximum atomic E-state index is 12.2. The summed E-state index contributed by atoms with van der Waals surface area (Å²) in [5.74, 6) is 0.732. The zero-order chi connectivity index (χ0) is 15.4. The average molecular weight is 307 g/mol. The molecule has 1 aromatic heterocycles. The molecule has 0 N–H and O–H groups in total. The van der Waals surface area contributed by atoms with Crippen molar-refractivity contribution in [2.24, 2.45) is 0 Å². The number of aryl methyl sites for hydroxylation is 2. The second kappa shape index (κ2) is 6.67. The van der Waals surface area contributed by atoms with Crippen molar-refractivity contribution in [2.75, 3.05) is 13.4 Å². The molecule has 112 valence electrons. The van der Waals surface area contributed by atoms with Crippen LogP contribution in [0.15, 0.2) is 27.6 Å². The summed E-state index contributed by atoms with van der Waals surface area (Å²) < 4.78 is 15.6. The number of thioether (sulfide) groups is 1. The van der Waals surface area contributed by atoms with Crippen molar-refractivity contribution < 1.29 is 18.8 Å². The number of hydrogen-bond donors (Lipinski definition) is 0. The van der Waals surface area contributed by atoms with Gasteiger partial charge in [-0.2, -0.15) is 0 Å². The third kappa shape index (κ3) is 3.39. The Bertz CT molecular complexity index is 632. The summed E-state index contributed by atoms with van der Waals surface area (Å²) in [6, 6.07) is 5.39. The quantitative estimate of drug-likeness (QED) is 0.623. The van der Waals surface area contributed by atoms with E-state index in [0.29, 0.717) is 17.1 Å². The number of carbonyl (C=O) groups excluding carboxylic acids is 1. The van der Waals surface area contributed by atoms with Crippen LogP contribution in [-0.4, -0.2) is 24.5 Å². The summed E-state index contributed by atoms with van der Waals surface area (Å²) in [6.07, 6.45) is 1.96. The molecular formula is C15H17NO4S. The maximum absolute atomic E-state index is 12.2. The van der Waals surface area contributed by atoms with E-state index < -0.39 is 5.97 Å². The SMILES string of the molecule is COc1cc(SC)ccc1C(=O)OCc1c(C)noc1C.